The van der Waals surface area contributed by atoms with Gasteiger partial charge in [-0.1, -0.05) is 0 Å². The molecule has 0 aliphatic heterocycles. The molecule has 2 rings (SSSR count). The van der Waals surface area contributed by atoms with E-state index < -0.39 is 0 Å². The topological polar surface area (TPSA) is 51.1 Å². The van der Waals surface area contributed by atoms with Crippen LogP contribution in [-0.2, 0) is 11.3 Å². The molecule has 0 saturated heterocycles. The zero-order valence-electron chi connectivity index (χ0n) is 10.8. The second-order valence-electron chi connectivity index (χ2n) is 4.09. The number of hydrogen-bond donors (Lipinski definition) is 1. The van der Waals surface area contributed by atoms with Gasteiger partial charge in [-0.15, -0.1) is 11.8 Å². The number of benzene rings is 1. The lowest BCUT2D eigenvalue weighted by molar-refractivity contribution is -0.116. The van der Waals surface area contributed by atoms with Crippen molar-refractivity contribution >= 4 is 39.3 Å². The minimum Gasteiger partial charge on any atom is -0.325 e. The summed E-state index contributed by atoms with van der Waals surface area (Å²) in [5, 5.41) is 2.77. The van der Waals surface area contributed by atoms with E-state index in [1.165, 1.54) is 10.6 Å². The van der Waals surface area contributed by atoms with E-state index in [9.17, 15) is 9.59 Å². The summed E-state index contributed by atoms with van der Waals surface area (Å²) in [7, 11) is 0. The molecule has 6 heteroatoms. The van der Waals surface area contributed by atoms with Crippen molar-refractivity contribution < 1.29 is 4.79 Å². The highest BCUT2D eigenvalue weighted by molar-refractivity contribution is 9.10. The number of thioether (sulfide) groups is 1. The Morgan fingerprint density at radius 1 is 1.25 bits per heavy atom. The molecule has 1 aromatic heterocycles. The second-order valence-corrected chi connectivity index (χ2v) is 5.89. The number of pyridine rings is 1. The third kappa shape index (κ3) is 3.98. The molecule has 0 radical (unpaired) electrons. The number of nitrogens with one attached hydrogen (secondary N) is 1. The van der Waals surface area contributed by atoms with E-state index in [0.717, 1.165) is 15.1 Å². The van der Waals surface area contributed by atoms with Crippen molar-refractivity contribution in [2.24, 2.45) is 0 Å². The lowest BCUT2D eigenvalue weighted by Gasteiger charge is -2.08. The van der Waals surface area contributed by atoms with E-state index in [-0.39, 0.29) is 18.0 Å². The van der Waals surface area contributed by atoms with Crippen LogP contribution in [-0.4, -0.2) is 16.7 Å². The van der Waals surface area contributed by atoms with Crippen LogP contribution in [0.2, 0.25) is 0 Å². The zero-order chi connectivity index (χ0) is 14.5. The van der Waals surface area contributed by atoms with Crippen LogP contribution in [0, 0.1) is 0 Å². The first kappa shape index (κ1) is 14.9. The number of amides is 1. The molecule has 0 aliphatic rings. The molecule has 1 N–H and O–H groups in total. The SMILES string of the molecule is CSc1ccc(NC(=O)Cn2cc(Br)ccc2=O)cc1. The van der Waals surface area contributed by atoms with Gasteiger partial charge in [-0.25, -0.2) is 0 Å². The van der Waals surface area contributed by atoms with Crippen molar-refractivity contribution in [3.63, 3.8) is 0 Å². The molecule has 0 spiro atoms. The predicted octanol–water partition coefficient (Wildman–Crippen LogP) is 2.97. The van der Waals surface area contributed by atoms with Crippen LogP contribution in [0.5, 0.6) is 0 Å². The summed E-state index contributed by atoms with van der Waals surface area (Å²) in [5.74, 6) is -0.234. The maximum atomic E-state index is 11.9. The van der Waals surface area contributed by atoms with Crippen LogP contribution in [0.4, 0.5) is 5.69 Å². The lowest BCUT2D eigenvalue weighted by atomic mass is 10.3. The van der Waals surface area contributed by atoms with Crippen molar-refractivity contribution in [3.05, 3.63) is 57.4 Å². The Bertz CT molecular complexity index is 668. The van der Waals surface area contributed by atoms with E-state index in [2.05, 4.69) is 21.2 Å². The summed E-state index contributed by atoms with van der Waals surface area (Å²) in [6.45, 7) is -0.0114. The first-order valence-corrected chi connectivity index (χ1v) is 7.90. The van der Waals surface area contributed by atoms with Crippen LogP contribution in [0.15, 0.2) is 56.8 Å². The standard InChI is InChI=1S/C14H13BrN2O2S/c1-20-12-5-3-11(4-6-12)16-13(18)9-17-8-10(15)2-7-14(17)19/h2-8H,9H2,1H3,(H,16,18). The van der Waals surface area contributed by atoms with E-state index in [4.69, 9.17) is 0 Å². The minimum absolute atomic E-state index is 0.0114. The third-order valence-corrected chi connectivity index (χ3v) is 3.85. The number of nitrogens with zero attached hydrogens (tertiary/aromatic N) is 1. The molecule has 4 nitrogen and oxygen atoms in total. The van der Waals surface area contributed by atoms with Crippen LogP contribution in [0.1, 0.15) is 0 Å². The van der Waals surface area contributed by atoms with Gasteiger partial charge < -0.3 is 9.88 Å². The summed E-state index contributed by atoms with van der Waals surface area (Å²) in [5.41, 5.74) is 0.511. The van der Waals surface area contributed by atoms with Gasteiger partial charge in [-0.05, 0) is 52.5 Å². The number of hydrogen-bond acceptors (Lipinski definition) is 3. The van der Waals surface area contributed by atoms with E-state index in [0.29, 0.717) is 0 Å². The first-order valence-electron chi connectivity index (χ1n) is 5.88. The highest BCUT2D eigenvalue weighted by atomic mass is 79.9. The van der Waals surface area contributed by atoms with Gasteiger partial charge in [0.2, 0.25) is 5.91 Å². The first-order chi connectivity index (χ1) is 9.58. The van der Waals surface area contributed by atoms with E-state index >= 15 is 0 Å². The molecule has 104 valence electrons. The molecule has 0 atom stereocenters. The average Bonchev–Trinajstić information content (AvgIpc) is 2.43. The molecule has 0 saturated carbocycles. The number of rotatable bonds is 4. The molecular weight excluding hydrogens is 340 g/mol. The Kier molecular flexibility index (Phi) is 5.03. The number of anilines is 1. The molecule has 0 fully saturated rings. The quantitative estimate of drug-likeness (QED) is 0.860. The van der Waals surface area contributed by atoms with Crippen LogP contribution in [0.3, 0.4) is 0 Å². The number of halogens is 1. The highest BCUT2D eigenvalue weighted by Crippen LogP contribution is 2.17. The van der Waals surface area contributed by atoms with Gasteiger partial charge in [0, 0.05) is 27.3 Å². The molecule has 20 heavy (non-hydrogen) atoms. The maximum absolute atomic E-state index is 11.9. The Morgan fingerprint density at radius 3 is 2.60 bits per heavy atom. The lowest BCUT2D eigenvalue weighted by Crippen LogP contribution is -2.26. The Morgan fingerprint density at radius 2 is 1.95 bits per heavy atom. The summed E-state index contributed by atoms with van der Waals surface area (Å²) in [6.07, 6.45) is 3.59. The molecule has 0 unspecified atom stereocenters. The van der Waals surface area contributed by atoms with Gasteiger partial charge in [0.25, 0.3) is 5.56 Å². The summed E-state index contributed by atoms with van der Waals surface area (Å²) in [6, 6.07) is 10.6. The number of carbonyl (C=O) groups excluding carboxylic acids is 1. The van der Waals surface area contributed by atoms with Crippen molar-refractivity contribution in [1.82, 2.24) is 4.57 Å². The van der Waals surface area contributed by atoms with Gasteiger partial charge in [-0.3, -0.25) is 9.59 Å². The number of carbonyl (C=O) groups is 1. The van der Waals surface area contributed by atoms with E-state index in [1.807, 2.05) is 30.5 Å². The molecule has 0 bridgehead atoms. The molecule has 2 aromatic rings. The van der Waals surface area contributed by atoms with Gasteiger partial charge in [0.05, 0.1) is 0 Å². The molecule has 1 aromatic carbocycles. The average molecular weight is 353 g/mol. The zero-order valence-corrected chi connectivity index (χ0v) is 13.2. The fraction of sp³-hybridized carbons (Fsp3) is 0.143. The Hall–Kier alpha value is -1.53. The largest absolute Gasteiger partial charge is 0.325 e. The van der Waals surface area contributed by atoms with Crippen molar-refractivity contribution in [1.29, 1.82) is 0 Å². The molecule has 1 heterocycles. The van der Waals surface area contributed by atoms with Crippen molar-refractivity contribution in [3.8, 4) is 0 Å². The third-order valence-electron chi connectivity index (χ3n) is 2.64. The fourth-order valence-electron chi connectivity index (χ4n) is 1.66. The maximum Gasteiger partial charge on any atom is 0.251 e. The van der Waals surface area contributed by atoms with Crippen molar-refractivity contribution in [2.45, 2.75) is 11.4 Å². The molecular formula is C14H13BrN2O2S. The van der Waals surface area contributed by atoms with Gasteiger partial charge in [0.1, 0.15) is 6.54 Å². The second kappa shape index (κ2) is 6.76. The van der Waals surface area contributed by atoms with Crippen LogP contribution in [0.25, 0.3) is 0 Å². The monoisotopic (exact) mass is 352 g/mol. The fourth-order valence-corrected chi connectivity index (χ4v) is 2.44. The van der Waals surface area contributed by atoms with Crippen molar-refractivity contribution in [2.75, 3.05) is 11.6 Å². The van der Waals surface area contributed by atoms with Gasteiger partial charge >= 0.3 is 0 Å². The minimum atomic E-state index is -0.234. The summed E-state index contributed by atoms with van der Waals surface area (Å²) >= 11 is 4.91. The smallest absolute Gasteiger partial charge is 0.251 e. The Balaban J connectivity index is 2.04. The van der Waals surface area contributed by atoms with Gasteiger partial charge in [-0.2, -0.15) is 0 Å². The normalized spacial score (nSPS) is 10.3. The number of aromatic nitrogens is 1. The van der Waals surface area contributed by atoms with Crippen LogP contribution < -0.4 is 10.9 Å². The van der Waals surface area contributed by atoms with E-state index in [1.54, 1.807) is 24.0 Å². The van der Waals surface area contributed by atoms with Crippen LogP contribution >= 0.6 is 27.7 Å². The molecule has 1 amide bonds. The summed E-state index contributed by atoms with van der Waals surface area (Å²) in [4.78, 5) is 24.6. The highest BCUT2D eigenvalue weighted by Gasteiger charge is 2.05. The summed E-state index contributed by atoms with van der Waals surface area (Å²) < 4.78 is 2.12. The predicted molar refractivity (Wildman–Crippen MR) is 85.3 cm³/mol. The molecule has 0 aliphatic carbocycles. The Labute approximate surface area is 129 Å². The van der Waals surface area contributed by atoms with Gasteiger partial charge in [0.15, 0.2) is 0 Å².